The molecule has 0 amide bonds. The Morgan fingerprint density at radius 1 is 1.19 bits per heavy atom. The van der Waals surface area contributed by atoms with Crippen LogP contribution in [0.3, 0.4) is 0 Å². The van der Waals surface area contributed by atoms with Gasteiger partial charge in [-0.2, -0.15) is 0 Å². The number of carbonyl (C=O) groups excluding carboxylic acids is 1. The lowest BCUT2D eigenvalue weighted by atomic mass is 10.0. The first-order valence-electron chi connectivity index (χ1n) is 8.31. The van der Waals surface area contributed by atoms with Crippen LogP contribution in [0.25, 0.3) is 16.0 Å². The maximum absolute atomic E-state index is 13.3. The first-order valence-corrected chi connectivity index (χ1v) is 8.31. The standard InChI is InChI=1S/C21H17FN2O3/c1-4-26-21(25)20-19(18(23-2)13-24(20)3)14-8-10-16(11-9-14)27-17-7-5-6-15(22)12-17/h5-13H,4H2,1,3H3. The SMILES string of the molecule is [C-]#[N+]c1cn(C)c(C(=O)OCC)c1-c1ccc(Oc2cccc(F)c2)cc1. The van der Waals surface area contributed by atoms with E-state index in [1.807, 2.05) is 0 Å². The van der Waals surface area contributed by atoms with Gasteiger partial charge >= 0.3 is 5.97 Å². The van der Waals surface area contributed by atoms with Gasteiger partial charge in [-0.1, -0.05) is 18.2 Å². The molecule has 0 N–H and O–H groups in total. The summed E-state index contributed by atoms with van der Waals surface area (Å²) in [4.78, 5) is 15.8. The molecule has 0 aliphatic carbocycles. The summed E-state index contributed by atoms with van der Waals surface area (Å²) in [5.41, 5.74) is 1.89. The number of hydrogen-bond acceptors (Lipinski definition) is 3. The Labute approximate surface area is 156 Å². The minimum absolute atomic E-state index is 0.247. The Kier molecular flexibility index (Phi) is 5.23. The Morgan fingerprint density at radius 2 is 1.93 bits per heavy atom. The first kappa shape index (κ1) is 18.2. The molecule has 3 rings (SSSR count). The number of carbonyl (C=O) groups is 1. The van der Waals surface area contributed by atoms with Crippen molar-refractivity contribution in [1.82, 2.24) is 4.57 Å². The number of esters is 1. The van der Waals surface area contributed by atoms with Gasteiger partial charge in [0.25, 0.3) is 0 Å². The van der Waals surface area contributed by atoms with Gasteiger partial charge in [-0.15, -0.1) is 0 Å². The normalized spacial score (nSPS) is 10.3. The summed E-state index contributed by atoms with van der Waals surface area (Å²) in [5, 5.41) is 0. The zero-order chi connectivity index (χ0) is 19.4. The molecule has 136 valence electrons. The molecule has 0 saturated carbocycles. The van der Waals surface area contributed by atoms with Crippen LogP contribution in [0.5, 0.6) is 11.5 Å². The highest BCUT2D eigenvalue weighted by molar-refractivity contribution is 6.00. The van der Waals surface area contributed by atoms with E-state index in [9.17, 15) is 9.18 Å². The van der Waals surface area contributed by atoms with Gasteiger partial charge in [-0.25, -0.2) is 14.0 Å². The van der Waals surface area contributed by atoms with Crippen molar-refractivity contribution in [3.63, 3.8) is 0 Å². The van der Waals surface area contributed by atoms with Gasteiger partial charge in [0.05, 0.1) is 13.2 Å². The molecule has 6 heteroatoms. The molecule has 0 aliphatic rings. The van der Waals surface area contributed by atoms with Gasteiger partial charge in [-0.3, -0.25) is 0 Å². The molecule has 0 spiro atoms. The van der Waals surface area contributed by atoms with E-state index in [1.165, 1.54) is 12.1 Å². The Balaban J connectivity index is 1.95. The third-order valence-electron chi connectivity index (χ3n) is 3.93. The van der Waals surface area contributed by atoms with Crippen molar-refractivity contribution < 1.29 is 18.7 Å². The van der Waals surface area contributed by atoms with Crippen molar-refractivity contribution in [2.75, 3.05) is 6.61 Å². The Bertz CT molecular complexity index is 1020. The van der Waals surface area contributed by atoms with E-state index < -0.39 is 5.97 Å². The van der Waals surface area contributed by atoms with Crippen molar-refractivity contribution >= 4 is 11.7 Å². The molecule has 1 heterocycles. The van der Waals surface area contributed by atoms with E-state index in [2.05, 4.69) is 4.85 Å². The fourth-order valence-electron chi connectivity index (χ4n) is 2.78. The largest absolute Gasteiger partial charge is 0.461 e. The maximum atomic E-state index is 13.3. The van der Waals surface area contributed by atoms with E-state index in [0.717, 1.165) is 0 Å². The van der Waals surface area contributed by atoms with Crippen LogP contribution in [0.1, 0.15) is 17.4 Å². The fraction of sp³-hybridized carbons (Fsp3) is 0.143. The number of rotatable bonds is 5. The van der Waals surface area contributed by atoms with Crippen LogP contribution in [0.15, 0.2) is 54.7 Å². The molecular formula is C21H17FN2O3. The number of halogens is 1. The van der Waals surface area contributed by atoms with E-state index in [0.29, 0.717) is 34.0 Å². The third-order valence-corrected chi connectivity index (χ3v) is 3.93. The van der Waals surface area contributed by atoms with E-state index in [1.54, 1.807) is 61.1 Å². The molecule has 1 aromatic heterocycles. The summed E-state index contributed by atoms with van der Waals surface area (Å²) in [7, 11) is 1.70. The molecule has 0 aliphatic heterocycles. The monoisotopic (exact) mass is 364 g/mol. The molecule has 0 fully saturated rings. The molecule has 0 atom stereocenters. The van der Waals surface area contributed by atoms with Gasteiger partial charge in [0.1, 0.15) is 23.0 Å². The van der Waals surface area contributed by atoms with Gasteiger partial charge < -0.3 is 14.0 Å². The molecule has 2 aromatic carbocycles. The van der Waals surface area contributed by atoms with Crippen LogP contribution in [0, 0.1) is 12.4 Å². The second kappa shape index (κ2) is 7.75. The minimum Gasteiger partial charge on any atom is -0.461 e. The molecule has 0 saturated heterocycles. The highest BCUT2D eigenvalue weighted by Crippen LogP contribution is 2.37. The van der Waals surface area contributed by atoms with Crippen molar-refractivity contribution in [3.8, 4) is 22.6 Å². The highest BCUT2D eigenvalue weighted by atomic mass is 19.1. The fourth-order valence-corrected chi connectivity index (χ4v) is 2.78. The van der Waals surface area contributed by atoms with E-state index in [4.69, 9.17) is 16.0 Å². The predicted molar refractivity (Wildman–Crippen MR) is 99.5 cm³/mol. The smallest absolute Gasteiger partial charge is 0.354 e. The van der Waals surface area contributed by atoms with E-state index in [-0.39, 0.29) is 12.4 Å². The zero-order valence-electron chi connectivity index (χ0n) is 14.9. The summed E-state index contributed by atoms with van der Waals surface area (Å²) < 4.78 is 25.6. The number of ether oxygens (including phenoxy) is 2. The molecule has 0 bridgehead atoms. The van der Waals surface area contributed by atoms with Crippen LogP contribution >= 0.6 is 0 Å². The maximum Gasteiger partial charge on any atom is 0.354 e. The van der Waals surface area contributed by atoms with Gasteiger partial charge in [-0.05, 0) is 36.8 Å². The second-order valence-corrected chi connectivity index (χ2v) is 5.76. The number of nitrogens with zero attached hydrogens (tertiary/aromatic N) is 2. The number of hydrogen-bond donors (Lipinski definition) is 0. The van der Waals surface area contributed by atoms with Crippen molar-refractivity contribution in [3.05, 3.63) is 77.7 Å². The van der Waals surface area contributed by atoms with E-state index >= 15 is 0 Å². The van der Waals surface area contributed by atoms with Crippen LogP contribution in [0.4, 0.5) is 10.1 Å². The van der Waals surface area contributed by atoms with Gasteiger partial charge in [0.15, 0.2) is 0 Å². The molecule has 0 unspecified atom stereocenters. The van der Waals surface area contributed by atoms with Crippen LogP contribution in [0.2, 0.25) is 0 Å². The molecule has 0 radical (unpaired) electrons. The summed E-state index contributed by atoms with van der Waals surface area (Å²) in [6.07, 6.45) is 1.60. The minimum atomic E-state index is -0.481. The van der Waals surface area contributed by atoms with Gasteiger partial charge in [0, 0.05) is 24.9 Å². The third kappa shape index (κ3) is 3.82. The number of benzene rings is 2. The first-order chi connectivity index (χ1) is 13.0. The Hall–Kier alpha value is -3.59. The van der Waals surface area contributed by atoms with Crippen molar-refractivity contribution in [2.45, 2.75) is 6.92 Å². The number of aryl methyl sites for hydroxylation is 1. The lowest BCUT2D eigenvalue weighted by Crippen LogP contribution is -2.10. The summed E-state index contributed by atoms with van der Waals surface area (Å²) in [6, 6.07) is 12.8. The summed E-state index contributed by atoms with van der Waals surface area (Å²) >= 11 is 0. The second-order valence-electron chi connectivity index (χ2n) is 5.76. The van der Waals surface area contributed by atoms with Gasteiger partial charge in [0.2, 0.25) is 5.69 Å². The summed E-state index contributed by atoms with van der Waals surface area (Å²) in [5.74, 6) is 0.0398. The summed E-state index contributed by atoms with van der Waals surface area (Å²) in [6.45, 7) is 9.38. The lowest BCUT2D eigenvalue weighted by molar-refractivity contribution is 0.0516. The predicted octanol–water partition coefficient (Wildman–Crippen LogP) is 5.35. The number of aromatic nitrogens is 1. The molecule has 5 nitrogen and oxygen atoms in total. The topological polar surface area (TPSA) is 44.8 Å². The highest BCUT2D eigenvalue weighted by Gasteiger charge is 2.22. The molecule has 27 heavy (non-hydrogen) atoms. The average molecular weight is 364 g/mol. The van der Waals surface area contributed by atoms with Crippen molar-refractivity contribution in [1.29, 1.82) is 0 Å². The molecule has 3 aromatic rings. The van der Waals surface area contributed by atoms with Crippen LogP contribution in [-0.2, 0) is 11.8 Å². The van der Waals surface area contributed by atoms with Crippen LogP contribution in [-0.4, -0.2) is 17.1 Å². The average Bonchev–Trinajstić information content (AvgIpc) is 2.99. The van der Waals surface area contributed by atoms with Crippen molar-refractivity contribution in [2.24, 2.45) is 7.05 Å². The quantitative estimate of drug-likeness (QED) is 0.453. The Morgan fingerprint density at radius 3 is 2.56 bits per heavy atom. The van der Waals surface area contributed by atoms with Crippen LogP contribution < -0.4 is 4.74 Å². The zero-order valence-corrected chi connectivity index (χ0v) is 14.9. The lowest BCUT2D eigenvalue weighted by Gasteiger charge is -2.10. The molecular weight excluding hydrogens is 347 g/mol.